The molecule has 0 radical (unpaired) electrons. The highest BCUT2D eigenvalue weighted by Gasteiger charge is 2.06. The van der Waals surface area contributed by atoms with Crippen LogP contribution in [0.2, 0.25) is 0 Å². The number of benzene rings is 1. The molecule has 3 heteroatoms. The second kappa shape index (κ2) is 4.84. The van der Waals surface area contributed by atoms with Crippen molar-refractivity contribution in [3.8, 4) is 0 Å². The van der Waals surface area contributed by atoms with Crippen molar-refractivity contribution in [1.82, 2.24) is 0 Å². The van der Waals surface area contributed by atoms with E-state index in [-0.39, 0.29) is 5.82 Å². The standard InChI is InChI=1S/C11H17FN2/c1-3-9(4-2)14-11-7-8(12)5-6-10(11)13/h5-7,9,14H,3-4,13H2,1-2H3. The van der Waals surface area contributed by atoms with Gasteiger partial charge in [0.25, 0.3) is 0 Å². The van der Waals surface area contributed by atoms with Crippen LogP contribution in [-0.4, -0.2) is 6.04 Å². The van der Waals surface area contributed by atoms with Crippen LogP contribution in [0.5, 0.6) is 0 Å². The van der Waals surface area contributed by atoms with E-state index in [4.69, 9.17) is 5.73 Å². The van der Waals surface area contributed by atoms with Gasteiger partial charge < -0.3 is 11.1 Å². The fourth-order valence-corrected chi connectivity index (χ4v) is 1.37. The molecule has 14 heavy (non-hydrogen) atoms. The van der Waals surface area contributed by atoms with Gasteiger partial charge in [-0.25, -0.2) is 4.39 Å². The Morgan fingerprint density at radius 1 is 1.36 bits per heavy atom. The minimum atomic E-state index is -0.257. The van der Waals surface area contributed by atoms with Gasteiger partial charge in [0.2, 0.25) is 0 Å². The summed E-state index contributed by atoms with van der Waals surface area (Å²) in [5.41, 5.74) is 7.01. The molecule has 0 atom stereocenters. The molecule has 1 aromatic carbocycles. The Morgan fingerprint density at radius 2 is 2.00 bits per heavy atom. The Morgan fingerprint density at radius 3 is 2.57 bits per heavy atom. The first-order valence-corrected chi connectivity index (χ1v) is 4.99. The van der Waals surface area contributed by atoms with Crippen molar-refractivity contribution in [1.29, 1.82) is 0 Å². The number of rotatable bonds is 4. The number of halogens is 1. The van der Waals surface area contributed by atoms with Crippen LogP contribution in [0.3, 0.4) is 0 Å². The molecule has 3 N–H and O–H groups in total. The average molecular weight is 196 g/mol. The van der Waals surface area contributed by atoms with Crippen molar-refractivity contribution in [2.45, 2.75) is 32.7 Å². The fourth-order valence-electron chi connectivity index (χ4n) is 1.37. The molecule has 0 spiro atoms. The topological polar surface area (TPSA) is 38.0 Å². The number of nitrogen functional groups attached to an aromatic ring is 1. The zero-order chi connectivity index (χ0) is 10.6. The van der Waals surface area contributed by atoms with Gasteiger partial charge in [0.1, 0.15) is 5.82 Å². The Bertz CT molecular complexity index is 295. The van der Waals surface area contributed by atoms with Gasteiger partial charge in [-0.2, -0.15) is 0 Å². The molecule has 0 bridgehead atoms. The lowest BCUT2D eigenvalue weighted by atomic mass is 10.1. The van der Waals surface area contributed by atoms with Gasteiger partial charge in [-0.05, 0) is 31.0 Å². The highest BCUT2D eigenvalue weighted by Crippen LogP contribution is 2.21. The molecule has 0 amide bonds. The minimum absolute atomic E-state index is 0.257. The molecule has 0 fully saturated rings. The number of anilines is 2. The summed E-state index contributed by atoms with van der Waals surface area (Å²) >= 11 is 0. The maximum Gasteiger partial charge on any atom is 0.125 e. The molecule has 0 aliphatic rings. The van der Waals surface area contributed by atoms with E-state index in [0.29, 0.717) is 17.4 Å². The summed E-state index contributed by atoms with van der Waals surface area (Å²) in [4.78, 5) is 0. The van der Waals surface area contributed by atoms with Crippen molar-refractivity contribution >= 4 is 11.4 Å². The molecule has 0 aromatic heterocycles. The number of hydrogen-bond acceptors (Lipinski definition) is 2. The average Bonchev–Trinajstić information content (AvgIpc) is 2.19. The third kappa shape index (κ3) is 2.62. The maximum absolute atomic E-state index is 12.9. The SMILES string of the molecule is CCC(CC)Nc1cc(F)ccc1N. The lowest BCUT2D eigenvalue weighted by Gasteiger charge is -2.17. The van der Waals surface area contributed by atoms with Gasteiger partial charge >= 0.3 is 0 Å². The zero-order valence-corrected chi connectivity index (χ0v) is 8.68. The molecule has 1 rings (SSSR count). The third-order valence-corrected chi connectivity index (χ3v) is 2.36. The molecule has 0 aliphatic heterocycles. The van der Waals surface area contributed by atoms with E-state index in [1.54, 1.807) is 6.07 Å². The Labute approximate surface area is 84.3 Å². The van der Waals surface area contributed by atoms with Crippen LogP contribution in [0.1, 0.15) is 26.7 Å². The van der Waals surface area contributed by atoms with E-state index < -0.39 is 0 Å². The van der Waals surface area contributed by atoms with Crippen LogP contribution in [0.25, 0.3) is 0 Å². The molecule has 0 heterocycles. The predicted molar refractivity (Wildman–Crippen MR) is 58.8 cm³/mol. The maximum atomic E-state index is 12.9. The highest BCUT2D eigenvalue weighted by atomic mass is 19.1. The van der Waals surface area contributed by atoms with Crippen molar-refractivity contribution in [2.75, 3.05) is 11.1 Å². The lowest BCUT2D eigenvalue weighted by molar-refractivity contribution is 0.626. The first-order chi connectivity index (χ1) is 6.67. The summed E-state index contributed by atoms with van der Waals surface area (Å²) in [7, 11) is 0. The first kappa shape index (κ1) is 10.8. The van der Waals surface area contributed by atoms with Crippen molar-refractivity contribution in [3.05, 3.63) is 24.0 Å². The van der Waals surface area contributed by atoms with Crippen LogP contribution in [0.4, 0.5) is 15.8 Å². The largest absolute Gasteiger partial charge is 0.397 e. The summed E-state index contributed by atoms with van der Waals surface area (Å²) in [6.07, 6.45) is 2.01. The molecular formula is C11H17FN2. The van der Waals surface area contributed by atoms with Crippen molar-refractivity contribution in [2.24, 2.45) is 0 Å². The first-order valence-electron chi connectivity index (χ1n) is 4.99. The molecule has 0 aliphatic carbocycles. The Kier molecular flexibility index (Phi) is 3.74. The van der Waals surface area contributed by atoms with Crippen molar-refractivity contribution in [3.63, 3.8) is 0 Å². The molecular weight excluding hydrogens is 179 g/mol. The second-order valence-corrected chi connectivity index (χ2v) is 3.39. The molecule has 0 saturated heterocycles. The van der Waals surface area contributed by atoms with Gasteiger partial charge in [0.15, 0.2) is 0 Å². The molecule has 0 saturated carbocycles. The smallest absolute Gasteiger partial charge is 0.125 e. The molecule has 2 nitrogen and oxygen atoms in total. The van der Waals surface area contributed by atoms with Crippen LogP contribution in [-0.2, 0) is 0 Å². The van der Waals surface area contributed by atoms with E-state index in [1.165, 1.54) is 12.1 Å². The molecule has 1 aromatic rings. The van der Waals surface area contributed by atoms with Gasteiger partial charge in [0.05, 0.1) is 11.4 Å². The zero-order valence-electron chi connectivity index (χ0n) is 8.68. The minimum Gasteiger partial charge on any atom is -0.397 e. The van der Waals surface area contributed by atoms with Gasteiger partial charge in [0, 0.05) is 6.04 Å². The molecule has 78 valence electrons. The number of hydrogen-bond donors (Lipinski definition) is 2. The summed E-state index contributed by atoms with van der Waals surface area (Å²) in [6, 6.07) is 4.75. The fraction of sp³-hybridized carbons (Fsp3) is 0.455. The second-order valence-electron chi connectivity index (χ2n) is 3.39. The Hall–Kier alpha value is -1.25. The van der Waals surface area contributed by atoms with Crippen LogP contribution in [0.15, 0.2) is 18.2 Å². The van der Waals surface area contributed by atoms with Crippen LogP contribution in [0, 0.1) is 5.82 Å². The van der Waals surface area contributed by atoms with E-state index in [2.05, 4.69) is 19.2 Å². The summed E-state index contributed by atoms with van der Waals surface area (Å²) in [5.74, 6) is -0.257. The summed E-state index contributed by atoms with van der Waals surface area (Å²) in [6.45, 7) is 4.19. The van der Waals surface area contributed by atoms with Gasteiger partial charge in [-0.3, -0.25) is 0 Å². The highest BCUT2D eigenvalue weighted by molar-refractivity contribution is 5.66. The van der Waals surface area contributed by atoms with Crippen molar-refractivity contribution < 1.29 is 4.39 Å². The normalized spacial score (nSPS) is 10.6. The van der Waals surface area contributed by atoms with Gasteiger partial charge in [-0.1, -0.05) is 13.8 Å². The summed E-state index contributed by atoms with van der Waals surface area (Å²) < 4.78 is 12.9. The van der Waals surface area contributed by atoms with E-state index in [0.717, 1.165) is 12.8 Å². The van der Waals surface area contributed by atoms with E-state index >= 15 is 0 Å². The predicted octanol–water partition coefficient (Wildman–Crippen LogP) is 3.01. The Balaban J connectivity index is 2.79. The quantitative estimate of drug-likeness (QED) is 0.726. The van der Waals surface area contributed by atoms with E-state index in [1.807, 2.05) is 0 Å². The van der Waals surface area contributed by atoms with E-state index in [9.17, 15) is 4.39 Å². The van der Waals surface area contributed by atoms with Crippen LogP contribution >= 0.6 is 0 Å². The molecule has 0 unspecified atom stereocenters. The number of nitrogens with two attached hydrogens (primary N) is 1. The summed E-state index contributed by atoms with van der Waals surface area (Å²) in [5, 5.41) is 3.22. The lowest BCUT2D eigenvalue weighted by Crippen LogP contribution is -2.17. The monoisotopic (exact) mass is 196 g/mol. The number of nitrogens with one attached hydrogen (secondary N) is 1. The van der Waals surface area contributed by atoms with Crippen LogP contribution < -0.4 is 11.1 Å². The van der Waals surface area contributed by atoms with Gasteiger partial charge in [-0.15, -0.1) is 0 Å². The third-order valence-electron chi connectivity index (χ3n) is 2.36.